The molecule has 2 aliphatic heterocycles. The number of carbonyl (C=O) groups is 1. The van der Waals surface area contributed by atoms with Gasteiger partial charge in [0.2, 0.25) is 0 Å². The summed E-state index contributed by atoms with van der Waals surface area (Å²) in [6.07, 6.45) is 2.78. The lowest BCUT2D eigenvalue weighted by Gasteiger charge is -2.33. The predicted molar refractivity (Wildman–Crippen MR) is 110 cm³/mol. The standard InChI is InChI=1S/C20H22FN3OS2/c21-16-3-1-14(2-4-16)19(20(25)23-22-17-7-10-26-11-8-17)24-9-5-18-15(13-24)6-12-27-18/h1-4,6,12,19H,5,7-11,13H2,(H,23,25). The zero-order valence-electron chi connectivity index (χ0n) is 15.0. The highest BCUT2D eigenvalue weighted by Crippen LogP contribution is 2.30. The highest BCUT2D eigenvalue weighted by Gasteiger charge is 2.31. The molecular formula is C20H22FN3OS2. The molecule has 0 bridgehead atoms. The summed E-state index contributed by atoms with van der Waals surface area (Å²) in [7, 11) is 0. The molecule has 7 heteroatoms. The van der Waals surface area contributed by atoms with Crippen LogP contribution < -0.4 is 5.43 Å². The molecule has 0 aliphatic carbocycles. The van der Waals surface area contributed by atoms with Gasteiger partial charge in [0, 0.05) is 23.7 Å². The molecule has 1 fully saturated rings. The van der Waals surface area contributed by atoms with E-state index in [0.717, 1.165) is 55.1 Å². The molecule has 1 aromatic carbocycles. The van der Waals surface area contributed by atoms with Crippen LogP contribution >= 0.6 is 23.1 Å². The Balaban J connectivity index is 1.56. The second-order valence-corrected chi connectivity index (χ2v) is 9.04. The summed E-state index contributed by atoms with van der Waals surface area (Å²) in [6.45, 7) is 1.53. The van der Waals surface area contributed by atoms with E-state index in [1.54, 1.807) is 23.5 Å². The molecule has 0 spiro atoms. The lowest BCUT2D eigenvalue weighted by atomic mass is 10.0. The molecular weight excluding hydrogens is 381 g/mol. The fourth-order valence-electron chi connectivity index (χ4n) is 3.58. The molecule has 1 unspecified atom stereocenters. The van der Waals surface area contributed by atoms with E-state index in [4.69, 9.17) is 0 Å². The number of thiophene rings is 1. The molecule has 3 heterocycles. The van der Waals surface area contributed by atoms with Crippen LogP contribution in [0.2, 0.25) is 0 Å². The largest absolute Gasteiger partial charge is 0.284 e. The number of halogens is 1. The number of rotatable bonds is 4. The second kappa shape index (κ2) is 8.54. The minimum atomic E-state index is -0.471. The Kier molecular flexibility index (Phi) is 5.90. The number of nitrogens with one attached hydrogen (secondary N) is 1. The Labute approximate surface area is 166 Å². The van der Waals surface area contributed by atoms with E-state index in [1.165, 1.54) is 22.6 Å². The molecule has 2 aliphatic rings. The molecule has 1 amide bonds. The van der Waals surface area contributed by atoms with Gasteiger partial charge in [0.1, 0.15) is 11.9 Å². The first kappa shape index (κ1) is 18.7. The molecule has 1 N–H and O–H groups in total. The van der Waals surface area contributed by atoms with Crippen LogP contribution in [0.15, 0.2) is 40.8 Å². The minimum absolute atomic E-state index is 0.147. The van der Waals surface area contributed by atoms with Crippen molar-refractivity contribution >= 4 is 34.7 Å². The molecule has 27 heavy (non-hydrogen) atoms. The number of thioether (sulfide) groups is 1. The highest BCUT2D eigenvalue weighted by atomic mass is 32.2. The summed E-state index contributed by atoms with van der Waals surface area (Å²) in [4.78, 5) is 16.6. The van der Waals surface area contributed by atoms with Gasteiger partial charge in [-0.05, 0) is 65.5 Å². The Morgan fingerprint density at radius 3 is 2.70 bits per heavy atom. The fraction of sp³-hybridized carbons (Fsp3) is 0.400. The molecule has 1 aromatic heterocycles. The molecule has 1 saturated heterocycles. The summed E-state index contributed by atoms with van der Waals surface area (Å²) in [5, 5.41) is 6.49. The number of hydrogen-bond donors (Lipinski definition) is 1. The number of hydrogen-bond acceptors (Lipinski definition) is 5. The van der Waals surface area contributed by atoms with Crippen LogP contribution in [0.25, 0.3) is 0 Å². The van der Waals surface area contributed by atoms with Crippen LogP contribution in [0.5, 0.6) is 0 Å². The normalized spacial score (nSPS) is 18.6. The lowest BCUT2D eigenvalue weighted by Crippen LogP contribution is -2.41. The maximum atomic E-state index is 13.4. The van der Waals surface area contributed by atoms with E-state index >= 15 is 0 Å². The maximum Gasteiger partial charge on any atom is 0.262 e. The predicted octanol–water partition coefficient (Wildman–Crippen LogP) is 3.99. The number of benzene rings is 1. The Hall–Kier alpha value is -1.70. The van der Waals surface area contributed by atoms with Crippen LogP contribution in [-0.4, -0.2) is 34.6 Å². The third kappa shape index (κ3) is 4.42. The minimum Gasteiger partial charge on any atom is -0.284 e. The molecule has 0 saturated carbocycles. The van der Waals surface area contributed by atoms with Crippen LogP contribution in [-0.2, 0) is 17.8 Å². The molecule has 4 rings (SSSR count). The van der Waals surface area contributed by atoms with Gasteiger partial charge in [-0.15, -0.1) is 11.3 Å². The zero-order chi connectivity index (χ0) is 18.6. The summed E-state index contributed by atoms with van der Waals surface area (Å²) >= 11 is 3.69. The Morgan fingerprint density at radius 2 is 1.93 bits per heavy atom. The molecule has 4 nitrogen and oxygen atoms in total. The van der Waals surface area contributed by atoms with E-state index in [9.17, 15) is 9.18 Å². The van der Waals surface area contributed by atoms with E-state index in [1.807, 2.05) is 11.8 Å². The average molecular weight is 404 g/mol. The first-order valence-corrected chi connectivity index (χ1v) is 11.2. The van der Waals surface area contributed by atoms with Crippen molar-refractivity contribution in [3.05, 3.63) is 57.5 Å². The Bertz CT molecular complexity index is 826. The summed E-state index contributed by atoms with van der Waals surface area (Å²) in [5.74, 6) is 1.68. The van der Waals surface area contributed by atoms with Gasteiger partial charge in [-0.25, -0.2) is 9.82 Å². The van der Waals surface area contributed by atoms with Gasteiger partial charge < -0.3 is 0 Å². The van der Waals surface area contributed by atoms with Gasteiger partial charge in [0.25, 0.3) is 5.91 Å². The number of carbonyl (C=O) groups excluding carboxylic acids is 1. The van der Waals surface area contributed by atoms with E-state index in [-0.39, 0.29) is 11.7 Å². The smallest absolute Gasteiger partial charge is 0.262 e. The SMILES string of the molecule is O=C(NN=C1CCSCC1)C(c1ccc(F)cc1)N1CCc2sccc2C1. The number of hydrazone groups is 1. The third-order valence-electron chi connectivity index (χ3n) is 5.03. The zero-order valence-corrected chi connectivity index (χ0v) is 16.6. The van der Waals surface area contributed by atoms with Gasteiger partial charge in [-0.2, -0.15) is 16.9 Å². The number of nitrogens with zero attached hydrogens (tertiary/aromatic N) is 2. The first-order chi connectivity index (χ1) is 13.2. The van der Waals surface area contributed by atoms with Gasteiger partial charge in [-0.3, -0.25) is 9.69 Å². The van der Waals surface area contributed by atoms with Crippen molar-refractivity contribution in [1.29, 1.82) is 0 Å². The fourth-order valence-corrected chi connectivity index (χ4v) is 5.43. The quantitative estimate of drug-likeness (QED) is 0.786. The van der Waals surface area contributed by atoms with Crippen molar-refractivity contribution in [2.75, 3.05) is 18.1 Å². The van der Waals surface area contributed by atoms with Gasteiger partial charge in [-0.1, -0.05) is 12.1 Å². The van der Waals surface area contributed by atoms with E-state index in [0.29, 0.717) is 0 Å². The van der Waals surface area contributed by atoms with Crippen molar-refractivity contribution in [2.24, 2.45) is 5.10 Å². The van der Waals surface area contributed by atoms with Crippen molar-refractivity contribution < 1.29 is 9.18 Å². The molecule has 2 aromatic rings. The lowest BCUT2D eigenvalue weighted by molar-refractivity contribution is -0.127. The van der Waals surface area contributed by atoms with Crippen LogP contribution in [0, 0.1) is 5.82 Å². The van der Waals surface area contributed by atoms with E-state index in [2.05, 4.69) is 26.9 Å². The van der Waals surface area contributed by atoms with Gasteiger partial charge >= 0.3 is 0 Å². The van der Waals surface area contributed by atoms with Gasteiger partial charge in [0.05, 0.1) is 0 Å². The van der Waals surface area contributed by atoms with Gasteiger partial charge in [0.15, 0.2) is 0 Å². The molecule has 1 atom stereocenters. The first-order valence-electron chi connectivity index (χ1n) is 9.18. The molecule has 142 valence electrons. The number of fused-ring (bicyclic) bond motifs is 1. The summed E-state index contributed by atoms with van der Waals surface area (Å²) in [5.41, 5.74) is 5.92. The van der Waals surface area contributed by atoms with Crippen LogP contribution in [0.1, 0.15) is 34.9 Å². The average Bonchev–Trinajstić information content (AvgIpc) is 3.17. The third-order valence-corrected chi connectivity index (χ3v) is 7.04. The van der Waals surface area contributed by atoms with Crippen LogP contribution in [0.3, 0.4) is 0 Å². The Morgan fingerprint density at radius 1 is 1.15 bits per heavy atom. The monoisotopic (exact) mass is 403 g/mol. The van der Waals surface area contributed by atoms with E-state index < -0.39 is 6.04 Å². The maximum absolute atomic E-state index is 13.4. The second-order valence-electron chi connectivity index (χ2n) is 6.81. The molecule has 0 radical (unpaired) electrons. The topological polar surface area (TPSA) is 44.7 Å². The summed E-state index contributed by atoms with van der Waals surface area (Å²) < 4.78 is 13.4. The summed E-state index contributed by atoms with van der Waals surface area (Å²) in [6, 6.07) is 7.90. The van der Waals surface area contributed by atoms with Crippen LogP contribution in [0.4, 0.5) is 4.39 Å². The number of amides is 1. The highest BCUT2D eigenvalue weighted by molar-refractivity contribution is 7.99. The van der Waals surface area contributed by atoms with Crippen molar-refractivity contribution in [3.8, 4) is 0 Å². The van der Waals surface area contributed by atoms with Crippen molar-refractivity contribution in [2.45, 2.75) is 31.8 Å². The van der Waals surface area contributed by atoms with Crippen molar-refractivity contribution in [1.82, 2.24) is 10.3 Å². The van der Waals surface area contributed by atoms with Crippen molar-refractivity contribution in [3.63, 3.8) is 0 Å².